The molecular weight excluding hydrogens is 252 g/mol. The molecule has 2 fully saturated rings. The molecule has 0 aromatic heterocycles. The number of carbonyl (C=O) groups excluding carboxylic acids is 2. The summed E-state index contributed by atoms with van der Waals surface area (Å²) in [6, 6.07) is 0. The van der Waals surface area contributed by atoms with E-state index in [-0.39, 0.29) is 35.1 Å². The minimum absolute atomic E-state index is 0.137. The van der Waals surface area contributed by atoms with Crippen LogP contribution in [0.15, 0.2) is 0 Å². The number of carbonyl (C=O) groups is 2. The Balaban J connectivity index is 1.87. The molecule has 0 aromatic rings. The first-order valence-corrected chi connectivity index (χ1v) is 7.84. The van der Waals surface area contributed by atoms with Crippen molar-refractivity contribution in [3.63, 3.8) is 0 Å². The summed E-state index contributed by atoms with van der Waals surface area (Å²) in [5.74, 6) is 1.94. The average molecular weight is 280 g/mol. The molecule has 0 aliphatic heterocycles. The van der Waals surface area contributed by atoms with Crippen LogP contribution in [0.1, 0.15) is 47.5 Å². The predicted octanol–water partition coefficient (Wildman–Crippen LogP) is 1.95. The molecule has 2 amide bonds. The highest BCUT2D eigenvalue weighted by Gasteiger charge is 2.43. The van der Waals surface area contributed by atoms with Crippen LogP contribution in [0.5, 0.6) is 0 Å². The summed E-state index contributed by atoms with van der Waals surface area (Å²) in [6.45, 7) is 10.9. The predicted molar refractivity (Wildman–Crippen MR) is 78.9 cm³/mol. The maximum absolute atomic E-state index is 12.2. The van der Waals surface area contributed by atoms with Gasteiger partial charge in [0.05, 0.1) is 5.54 Å². The molecule has 4 heteroatoms. The van der Waals surface area contributed by atoms with Crippen molar-refractivity contribution in [1.82, 2.24) is 10.6 Å². The van der Waals surface area contributed by atoms with Crippen molar-refractivity contribution in [2.75, 3.05) is 6.54 Å². The highest BCUT2D eigenvalue weighted by atomic mass is 16.2. The molecule has 2 aliphatic rings. The van der Waals surface area contributed by atoms with Crippen molar-refractivity contribution in [1.29, 1.82) is 0 Å². The highest BCUT2D eigenvalue weighted by Crippen LogP contribution is 2.39. The molecule has 5 atom stereocenters. The normalized spacial score (nSPS) is 34.3. The molecular formula is C16H28N2O2. The van der Waals surface area contributed by atoms with Gasteiger partial charge in [-0.05, 0) is 37.5 Å². The van der Waals surface area contributed by atoms with E-state index in [0.717, 1.165) is 12.8 Å². The molecule has 0 saturated heterocycles. The SMILES string of the molecule is CC(C)[C@](C)(CNC(=O)[C@H]1C[C@H]1C)NC(=O)[C@@H]1C[C@@H]1C. The standard InChI is InChI=1S/C16H28N2O2/c1-9(2)16(5,18-15(20)13-7-11(13)4)8-17-14(19)12-6-10(12)3/h9-13H,6-8H2,1-5H3,(H,17,19)(H,18,20)/t10-,11+,12+,13-,16+/m1/s1. The van der Waals surface area contributed by atoms with Crippen LogP contribution in [0.3, 0.4) is 0 Å². The molecule has 2 aliphatic carbocycles. The van der Waals surface area contributed by atoms with Crippen LogP contribution >= 0.6 is 0 Å². The van der Waals surface area contributed by atoms with Crippen LogP contribution in [0.4, 0.5) is 0 Å². The molecule has 2 N–H and O–H groups in total. The Morgan fingerprint density at radius 1 is 1.10 bits per heavy atom. The van der Waals surface area contributed by atoms with E-state index in [1.165, 1.54) is 0 Å². The van der Waals surface area contributed by atoms with Gasteiger partial charge in [0.2, 0.25) is 11.8 Å². The van der Waals surface area contributed by atoms with Gasteiger partial charge < -0.3 is 10.6 Å². The monoisotopic (exact) mass is 280 g/mol. The summed E-state index contributed by atoms with van der Waals surface area (Å²) in [7, 11) is 0. The zero-order valence-electron chi connectivity index (χ0n) is 13.3. The van der Waals surface area contributed by atoms with E-state index in [1.54, 1.807) is 0 Å². The van der Waals surface area contributed by atoms with Crippen LogP contribution < -0.4 is 10.6 Å². The molecule has 0 bridgehead atoms. The van der Waals surface area contributed by atoms with Gasteiger partial charge in [0.1, 0.15) is 0 Å². The minimum Gasteiger partial charge on any atom is -0.354 e. The fraction of sp³-hybridized carbons (Fsp3) is 0.875. The van der Waals surface area contributed by atoms with Crippen molar-refractivity contribution in [2.24, 2.45) is 29.6 Å². The smallest absolute Gasteiger partial charge is 0.223 e. The second-order valence-corrected chi connectivity index (χ2v) is 7.42. The number of hydrogen-bond donors (Lipinski definition) is 2. The van der Waals surface area contributed by atoms with E-state index < -0.39 is 0 Å². The summed E-state index contributed by atoms with van der Waals surface area (Å²) < 4.78 is 0. The molecule has 2 saturated carbocycles. The zero-order chi connectivity index (χ0) is 15.1. The van der Waals surface area contributed by atoms with Crippen molar-refractivity contribution in [3.05, 3.63) is 0 Å². The van der Waals surface area contributed by atoms with Crippen LogP contribution in [0.25, 0.3) is 0 Å². The van der Waals surface area contributed by atoms with Crippen LogP contribution in [-0.2, 0) is 9.59 Å². The van der Waals surface area contributed by atoms with Crippen molar-refractivity contribution < 1.29 is 9.59 Å². The first kappa shape index (κ1) is 15.3. The largest absolute Gasteiger partial charge is 0.354 e. The Kier molecular flexibility index (Phi) is 4.12. The topological polar surface area (TPSA) is 58.2 Å². The lowest BCUT2D eigenvalue weighted by molar-refractivity contribution is -0.126. The summed E-state index contributed by atoms with van der Waals surface area (Å²) in [5, 5.41) is 6.18. The Hall–Kier alpha value is -1.06. The fourth-order valence-electron chi connectivity index (χ4n) is 2.54. The molecule has 0 unspecified atom stereocenters. The van der Waals surface area contributed by atoms with Crippen molar-refractivity contribution >= 4 is 11.8 Å². The van der Waals surface area contributed by atoms with Gasteiger partial charge in [0, 0.05) is 18.4 Å². The molecule has 20 heavy (non-hydrogen) atoms. The van der Waals surface area contributed by atoms with E-state index in [1.807, 2.05) is 6.92 Å². The van der Waals surface area contributed by atoms with E-state index in [9.17, 15) is 9.59 Å². The van der Waals surface area contributed by atoms with Gasteiger partial charge in [-0.2, -0.15) is 0 Å². The molecule has 2 rings (SSSR count). The van der Waals surface area contributed by atoms with E-state index in [0.29, 0.717) is 18.4 Å². The summed E-state index contributed by atoms with van der Waals surface area (Å²) in [6.07, 6.45) is 1.99. The Bertz CT molecular complexity index is 407. The van der Waals surface area contributed by atoms with Gasteiger partial charge in [-0.15, -0.1) is 0 Å². The third-order valence-corrected chi connectivity index (χ3v) is 5.21. The second kappa shape index (κ2) is 5.38. The zero-order valence-corrected chi connectivity index (χ0v) is 13.3. The number of nitrogens with one attached hydrogen (secondary N) is 2. The van der Waals surface area contributed by atoms with Gasteiger partial charge in [0.25, 0.3) is 0 Å². The summed E-state index contributed by atoms with van der Waals surface area (Å²) in [5.41, 5.74) is -0.368. The lowest BCUT2D eigenvalue weighted by atomic mass is 9.87. The van der Waals surface area contributed by atoms with E-state index in [2.05, 4.69) is 38.3 Å². The molecule has 0 radical (unpaired) electrons. The Labute approximate surface area is 122 Å². The Morgan fingerprint density at radius 3 is 1.95 bits per heavy atom. The first-order valence-electron chi connectivity index (χ1n) is 7.84. The van der Waals surface area contributed by atoms with Gasteiger partial charge in [-0.1, -0.05) is 27.7 Å². The van der Waals surface area contributed by atoms with Gasteiger partial charge >= 0.3 is 0 Å². The van der Waals surface area contributed by atoms with Crippen LogP contribution in [0.2, 0.25) is 0 Å². The van der Waals surface area contributed by atoms with E-state index in [4.69, 9.17) is 0 Å². The molecule has 4 nitrogen and oxygen atoms in total. The minimum atomic E-state index is -0.368. The lowest BCUT2D eigenvalue weighted by Crippen LogP contribution is -2.57. The third-order valence-electron chi connectivity index (χ3n) is 5.21. The highest BCUT2D eigenvalue weighted by molar-refractivity contribution is 5.83. The number of amides is 2. The second-order valence-electron chi connectivity index (χ2n) is 7.42. The van der Waals surface area contributed by atoms with Crippen LogP contribution in [0, 0.1) is 29.6 Å². The average Bonchev–Trinajstić information content (AvgIpc) is 3.25. The van der Waals surface area contributed by atoms with Crippen molar-refractivity contribution in [2.45, 2.75) is 53.0 Å². The molecule has 0 aromatic carbocycles. The first-order chi connectivity index (χ1) is 9.24. The quantitative estimate of drug-likeness (QED) is 0.781. The summed E-state index contributed by atoms with van der Waals surface area (Å²) >= 11 is 0. The van der Waals surface area contributed by atoms with Crippen molar-refractivity contribution in [3.8, 4) is 0 Å². The Morgan fingerprint density at radius 2 is 1.55 bits per heavy atom. The maximum atomic E-state index is 12.2. The molecule has 114 valence electrons. The van der Waals surface area contributed by atoms with Gasteiger partial charge in [-0.3, -0.25) is 9.59 Å². The summed E-state index contributed by atoms with van der Waals surface area (Å²) in [4.78, 5) is 24.1. The number of rotatable bonds is 6. The fourth-order valence-corrected chi connectivity index (χ4v) is 2.54. The third kappa shape index (κ3) is 3.33. The number of hydrogen-bond acceptors (Lipinski definition) is 2. The lowest BCUT2D eigenvalue weighted by Gasteiger charge is -2.35. The molecule has 0 spiro atoms. The van der Waals surface area contributed by atoms with Gasteiger partial charge in [0.15, 0.2) is 0 Å². The van der Waals surface area contributed by atoms with E-state index >= 15 is 0 Å². The maximum Gasteiger partial charge on any atom is 0.223 e. The van der Waals surface area contributed by atoms with Gasteiger partial charge in [-0.25, -0.2) is 0 Å². The molecule has 0 heterocycles. The van der Waals surface area contributed by atoms with Crippen LogP contribution in [-0.4, -0.2) is 23.9 Å².